The van der Waals surface area contributed by atoms with E-state index in [1.165, 1.54) is 0 Å². The Bertz CT molecular complexity index is 104. The minimum absolute atomic E-state index is 0.356. The fourth-order valence-corrected chi connectivity index (χ4v) is 0.680. The summed E-state index contributed by atoms with van der Waals surface area (Å²) in [6, 6.07) is 0. The molecule has 3 heteroatoms. The average molecular weight is 149 g/mol. The number of halogens is 2. The van der Waals surface area contributed by atoms with Crippen LogP contribution in [0.4, 0.5) is 8.78 Å². The minimum Gasteiger partial charge on any atom is -0.300 e. The molecule has 0 saturated carbocycles. The lowest BCUT2D eigenvalue weighted by Crippen LogP contribution is -2.22. The molecule has 60 valence electrons. The maximum atomic E-state index is 11.5. The zero-order valence-corrected chi connectivity index (χ0v) is 6.40. The second-order valence-corrected chi connectivity index (χ2v) is 1.98. The van der Waals surface area contributed by atoms with Crippen molar-refractivity contribution < 1.29 is 8.78 Å². The molecule has 0 fully saturated rings. The second-order valence-electron chi connectivity index (χ2n) is 1.98. The number of likely N-dealkylation sites (N-methyl/N-ethyl adjacent to an activating group) is 1. The van der Waals surface area contributed by atoms with Crippen LogP contribution in [0.5, 0.6) is 0 Å². The summed E-state index contributed by atoms with van der Waals surface area (Å²) in [5.41, 5.74) is 0. The molecule has 0 amide bonds. The molecule has 0 aliphatic carbocycles. The maximum absolute atomic E-state index is 11.5. The number of rotatable bonds is 4. The van der Waals surface area contributed by atoms with Crippen LogP contribution in [-0.2, 0) is 0 Å². The first-order valence-corrected chi connectivity index (χ1v) is 3.44. The molecule has 0 unspecified atom stereocenters. The summed E-state index contributed by atoms with van der Waals surface area (Å²) < 4.78 is 23.0. The highest BCUT2D eigenvalue weighted by atomic mass is 19.3. The summed E-state index contributed by atoms with van der Waals surface area (Å²) in [6.07, 6.45) is -0.653. The van der Waals surface area contributed by atoms with Crippen LogP contribution in [0.3, 0.4) is 0 Å². The van der Waals surface area contributed by atoms with E-state index in [1.807, 2.05) is 18.7 Å². The third-order valence-corrected chi connectivity index (χ3v) is 1.40. The Morgan fingerprint density at radius 2 is 1.80 bits per heavy atom. The van der Waals surface area contributed by atoms with Crippen LogP contribution in [0, 0.1) is 0 Å². The first kappa shape index (κ1) is 9.56. The van der Waals surface area contributed by atoms with E-state index < -0.39 is 6.08 Å². The van der Waals surface area contributed by atoms with Gasteiger partial charge in [-0.15, -0.1) is 0 Å². The Kier molecular flexibility index (Phi) is 5.12. The summed E-state index contributed by atoms with van der Waals surface area (Å²) in [7, 11) is 0. The molecule has 0 aliphatic heterocycles. The van der Waals surface area contributed by atoms with Crippen molar-refractivity contribution in [3.05, 3.63) is 12.2 Å². The molecule has 0 spiro atoms. The molecule has 0 aromatic heterocycles. The van der Waals surface area contributed by atoms with Gasteiger partial charge >= 0.3 is 0 Å². The van der Waals surface area contributed by atoms with Crippen LogP contribution < -0.4 is 0 Å². The summed E-state index contributed by atoms with van der Waals surface area (Å²) in [5, 5.41) is 0. The van der Waals surface area contributed by atoms with Gasteiger partial charge in [-0.1, -0.05) is 13.8 Å². The maximum Gasteiger partial charge on any atom is 0.267 e. The largest absolute Gasteiger partial charge is 0.300 e. The molecule has 0 saturated heterocycles. The third-order valence-electron chi connectivity index (χ3n) is 1.40. The Labute approximate surface area is 60.3 Å². The Hall–Kier alpha value is -0.440. The van der Waals surface area contributed by atoms with Crippen molar-refractivity contribution in [1.82, 2.24) is 4.90 Å². The summed E-state index contributed by atoms with van der Waals surface area (Å²) >= 11 is 0. The molecular weight excluding hydrogens is 136 g/mol. The van der Waals surface area contributed by atoms with Gasteiger partial charge in [0.1, 0.15) is 0 Å². The number of hydrogen-bond acceptors (Lipinski definition) is 1. The molecule has 0 bridgehead atoms. The van der Waals surface area contributed by atoms with Crippen LogP contribution in [0.25, 0.3) is 0 Å². The molecule has 1 nitrogen and oxygen atoms in total. The summed E-state index contributed by atoms with van der Waals surface area (Å²) in [4.78, 5) is 1.92. The normalized spacial score (nSPS) is 10.1. The lowest BCUT2D eigenvalue weighted by Gasteiger charge is -2.14. The van der Waals surface area contributed by atoms with Crippen molar-refractivity contribution >= 4 is 0 Å². The van der Waals surface area contributed by atoms with E-state index in [9.17, 15) is 8.78 Å². The van der Waals surface area contributed by atoms with E-state index in [2.05, 4.69) is 0 Å². The second kappa shape index (κ2) is 5.35. The van der Waals surface area contributed by atoms with Crippen LogP contribution in [0.1, 0.15) is 13.8 Å². The topological polar surface area (TPSA) is 3.24 Å². The molecule has 0 atom stereocenters. The van der Waals surface area contributed by atoms with Crippen molar-refractivity contribution in [2.45, 2.75) is 13.8 Å². The highest BCUT2D eigenvalue weighted by Gasteiger charge is 1.95. The van der Waals surface area contributed by atoms with Crippen molar-refractivity contribution in [1.29, 1.82) is 0 Å². The van der Waals surface area contributed by atoms with E-state index >= 15 is 0 Å². The average Bonchev–Trinajstić information content (AvgIpc) is 1.90. The van der Waals surface area contributed by atoms with Crippen molar-refractivity contribution in [2.75, 3.05) is 19.6 Å². The Morgan fingerprint density at radius 3 is 2.10 bits per heavy atom. The Balaban J connectivity index is 3.54. The highest BCUT2D eigenvalue weighted by Crippen LogP contribution is 1.97. The molecule has 10 heavy (non-hydrogen) atoms. The third kappa shape index (κ3) is 4.44. The smallest absolute Gasteiger partial charge is 0.267 e. The van der Waals surface area contributed by atoms with E-state index in [4.69, 9.17) is 0 Å². The van der Waals surface area contributed by atoms with Crippen LogP contribution >= 0.6 is 0 Å². The fraction of sp³-hybridized carbons (Fsp3) is 0.714. The number of nitrogens with zero attached hydrogens (tertiary/aromatic N) is 1. The molecule has 0 radical (unpaired) electrons. The summed E-state index contributed by atoms with van der Waals surface area (Å²) in [6.45, 7) is 5.90. The van der Waals surface area contributed by atoms with Gasteiger partial charge in [-0.25, -0.2) is 0 Å². The van der Waals surface area contributed by atoms with Crippen molar-refractivity contribution in [3.63, 3.8) is 0 Å². The van der Waals surface area contributed by atoms with Gasteiger partial charge in [0.2, 0.25) is 0 Å². The van der Waals surface area contributed by atoms with Gasteiger partial charge in [0.25, 0.3) is 6.08 Å². The quantitative estimate of drug-likeness (QED) is 0.591. The molecule has 0 heterocycles. The van der Waals surface area contributed by atoms with E-state index in [0.717, 1.165) is 19.2 Å². The van der Waals surface area contributed by atoms with Crippen molar-refractivity contribution in [3.8, 4) is 0 Å². The van der Waals surface area contributed by atoms with Crippen LogP contribution in [0.15, 0.2) is 12.2 Å². The summed E-state index contributed by atoms with van der Waals surface area (Å²) in [5.74, 6) is 0. The first-order valence-electron chi connectivity index (χ1n) is 3.44. The molecule has 0 aromatic carbocycles. The first-order chi connectivity index (χ1) is 4.70. The highest BCUT2D eigenvalue weighted by molar-refractivity contribution is 4.83. The van der Waals surface area contributed by atoms with Gasteiger partial charge in [0.15, 0.2) is 0 Å². The monoisotopic (exact) mass is 149 g/mol. The van der Waals surface area contributed by atoms with Gasteiger partial charge in [-0.05, 0) is 19.2 Å². The zero-order chi connectivity index (χ0) is 7.98. The van der Waals surface area contributed by atoms with Gasteiger partial charge in [0, 0.05) is 6.54 Å². The van der Waals surface area contributed by atoms with E-state index in [-0.39, 0.29) is 0 Å². The molecule has 0 rings (SSSR count). The SMILES string of the molecule is CCN(CC)CC=C(F)F. The van der Waals surface area contributed by atoms with Gasteiger partial charge in [-0.3, -0.25) is 0 Å². The van der Waals surface area contributed by atoms with Gasteiger partial charge in [0.05, 0.1) is 0 Å². The van der Waals surface area contributed by atoms with Crippen molar-refractivity contribution in [2.24, 2.45) is 0 Å². The predicted octanol–water partition coefficient (Wildman–Crippen LogP) is 2.11. The standard InChI is InChI=1S/C7H13F2N/c1-3-10(4-2)6-5-7(8)9/h5H,3-4,6H2,1-2H3. The lowest BCUT2D eigenvalue weighted by atomic mass is 10.4. The van der Waals surface area contributed by atoms with E-state index in [1.54, 1.807) is 0 Å². The van der Waals surface area contributed by atoms with Crippen LogP contribution in [-0.4, -0.2) is 24.5 Å². The van der Waals surface area contributed by atoms with E-state index in [0.29, 0.717) is 6.54 Å². The lowest BCUT2D eigenvalue weighted by molar-refractivity contribution is 0.326. The Morgan fingerprint density at radius 1 is 1.30 bits per heavy atom. The van der Waals surface area contributed by atoms with Gasteiger partial charge in [-0.2, -0.15) is 8.78 Å². The fourth-order valence-electron chi connectivity index (χ4n) is 0.680. The predicted molar refractivity (Wildman–Crippen MR) is 38.1 cm³/mol. The zero-order valence-electron chi connectivity index (χ0n) is 6.40. The van der Waals surface area contributed by atoms with Gasteiger partial charge < -0.3 is 4.90 Å². The van der Waals surface area contributed by atoms with Crippen LogP contribution in [0.2, 0.25) is 0 Å². The molecule has 0 aliphatic rings. The minimum atomic E-state index is -1.59. The molecular formula is C7H13F2N. The molecule has 0 aromatic rings. The molecule has 0 N–H and O–H groups in total. The number of hydrogen-bond donors (Lipinski definition) is 0.